The molecule has 0 radical (unpaired) electrons. The molecule has 0 bridgehead atoms. The Morgan fingerprint density at radius 2 is 2.04 bits per heavy atom. The van der Waals surface area contributed by atoms with Gasteiger partial charge in [-0.25, -0.2) is 0 Å². The van der Waals surface area contributed by atoms with Gasteiger partial charge in [-0.2, -0.15) is 0 Å². The van der Waals surface area contributed by atoms with Crippen molar-refractivity contribution >= 4 is 23.2 Å². The van der Waals surface area contributed by atoms with E-state index in [0.717, 1.165) is 82.0 Å². The van der Waals surface area contributed by atoms with E-state index in [1.54, 1.807) is 0 Å². The molecular formula is C20H29ClN4O. The molecule has 0 spiro atoms. The van der Waals surface area contributed by atoms with Crippen molar-refractivity contribution in [3.05, 3.63) is 40.9 Å². The fraction of sp³-hybridized carbons (Fsp3) is 0.550. The van der Waals surface area contributed by atoms with Gasteiger partial charge in [0.2, 0.25) is 0 Å². The molecule has 1 aromatic rings. The van der Waals surface area contributed by atoms with E-state index in [-0.39, 0.29) is 0 Å². The minimum absolute atomic E-state index is 0.753. The Balaban J connectivity index is 1.55. The van der Waals surface area contributed by atoms with Gasteiger partial charge in [0.1, 0.15) is 0 Å². The number of guanidine groups is 1. The molecular weight excluding hydrogens is 348 g/mol. The molecule has 0 aliphatic carbocycles. The van der Waals surface area contributed by atoms with Gasteiger partial charge in [-0.15, -0.1) is 0 Å². The van der Waals surface area contributed by atoms with E-state index in [2.05, 4.69) is 34.2 Å². The van der Waals surface area contributed by atoms with Crippen molar-refractivity contribution in [2.24, 2.45) is 4.99 Å². The molecule has 1 N–H and O–H groups in total. The van der Waals surface area contributed by atoms with Crippen LogP contribution in [0.5, 0.6) is 0 Å². The van der Waals surface area contributed by atoms with E-state index in [0.29, 0.717) is 0 Å². The van der Waals surface area contributed by atoms with Crippen molar-refractivity contribution in [2.45, 2.75) is 19.8 Å². The van der Waals surface area contributed by atoms with Gasteiger partial charge < -0.3 is 19.9 Å². The lowest BCUT2D eigenvalue weighted by atomic mass is 10.1. The highest BCUT2D eigenvalue weighted by atomic mass is 35.5. The quantitative estimate of drug-likeness (QED) is 0.487. The van der Waals surface area contributed by atoms with Gasteiger partial charge in [-0.05, 0) is 31.9 Å². The van der Waals surface area contributed by atoms with Gasteiger partial charge >= 0.3 is 0 Å². The first-order valence-electron chi connectivity index (χ1n) is 9.56. The predicted octanol–water partition coefficient (Wildman–Crippen LogP) is 3.16. The van der Waals surface area contributed by atoms with E-state index in [1.807, 2.05) is 18.2 Å². The number of halogens is 1. The standard InChI is InChI=1S/C20H29ClN4O/c1-2-22-20(23-10-7-17-8-15-26-16-9-17)25-13-11-24(12-14-25)19-6-4-3-5-18(19)21/h3-6,8H,2,7,9-16H2,1H3,(H,22,23). The summed E-state index contributed by atoms with van der Waals surface area (Å²) in [7, 11) is 0. The lowest BCUT2D eigenvalue weighted by Crippen LogP contribution is -2.52. The average Bonchev–Trinajstić information content (AvgIpc) is 2.69. The first-order chi connectivity index (χ1) is 12.8. The molecule has 0 amide bonds. The zero-order valence-electron chi connectivity index (χ0n) is 15.6. The number of nitrogens with one attached hydrogen (secondary N) is 1. The van der Waals surface area contributed by atoms with Crippen LogP contribution in [0.3, 0.4) is 0 Å². The van der Waals surface area contributed by atoms with Crippen molar-refractivity contribution in [3.63, 3.8) is 0 Å². The minimum Gasteiger partial charge on any atom is -0.377 e. The molecule has 1 saturated heterocycles. The second-order valence-electron chi connectivity index (χ2n) is 6.60. The van der Waals surface area contributed by atoms with Crippen LogP contribution in [-0.2, 0) is 4.74 Å². The van der Waals surface area contributed by atoms with E-state index in [9.17, 15) is 0 Å². The molecule has 0 unspecified atom stereocenters. The van der Waals surface area contributed by atoms with E-state index < -0.39 is 0 Å². The summed E-state index contributed by atoms with van der Waals surface area (Å²) >= 11 is 6.34. The molecule has 1 aromatic carbocycles. The van der Waals surface area contributed by atoms with E-state index in [4.69, 9.17) is 21.3 Å². The highest BCUT2D eigenvalue weighted by molar-refractivity contribution is 6.33. The number of aliphatic imine (C=N–C) groups is 1. The Kier molecular flexibility index (Phi) is 7.21. The summed E-state index contributed by atoms with van der Waals surface area (Å²) in [6.07, 6.45) is 4.27. The average molecular weight is 377 g/mol. The Morgan fingerprint density at radius 3 is 2.73 bits per heavy atom. The SMILES string of the molecule is CCNC(=NCCC1=CCOCC1)N1CCN(c2ccccc2Cl)CC1. The molecule has 3 rings (SSSR count). The summed E-state index contributed by atoms with van der Waals surface area (Å²) in [6, 6.07) is 8.08. The molecule has 26 heavy (non-hydrogen) atoms. The molecule has 2 heterocycles. The Hall–Kier alpha value is -1.72. The number of anilines is 1. The first kappa shape index (κ1) is 19.1. The number of hydrogen-bond acceptors (Lipinski definition) is 3. The van der Waals surface area contributed by atoms with Gasteiger partial charge in [0, 0.05) is 39.3 Å². The van der Waals surface area contributed by atoms with Crippen LogP contribution in [0.4, 0.5) is 5.69 Å². The van der Waals surface area contributed by atoms with Crippen LogP contribution in [-0.4, -0.2) is 63.3 Å². The molecule has 0 aromatic heterocycles. The highest BCUT2D eigenvalue weighted by Crippen LogP contribution is 2.26. The van der Waals surface area contributed by atoms with Crippen molar-refractivity contribution in [3.8, 4) is 0 Å². The van der Waals surface area contributed by atoms with Crippen molar-refractivity contribution < 1.29 is 4.74 Å². The maximum atomic E-state index is 6.34. The smallest absolute Gasteiger partial charge is 0.194 e. The molecule has 2 aliphatic heterocycles. The van der Waals surface area contributed by atoms with Gasteiger partial charge in [-0.3, -0.25) is 4.99 Å². The number of rotatable bonds is 5. The summed E-state index contributed by atoms with van der Waals surface area (Å²) in [5.41, 5.74) is 2.60. The van der Waals surface area contributed by atoms with Crippen LogP contribution < -0.4 is 10.2 Å². The van der Waals surface area contributed by atoms with Crippen LogP contribution >= 0.6 is 11.6 Å². The van der Waals surface area contributed by atoms with Crippen molar-refractivity contribution in [1.29, 1.82) is 0 Å². The number of piperazine rings is 1. The Morgan fingerprint density at radius 1 is 1.23 bits per heavy atom. The fourth-order valence-electron chi connectivity index (χ4n) is 3.39. The van der Waals surface area contributed by atoms with Crippen molar-refractivity contribution in [2.75, 3.05) is 57.4 Å². The lowest BCUT2D eigenvalue weighted by Gasteiger charge is -2.38. The van der Waals surface area contributed by atoms with Crippen molar-refractivity contribution in [1.82, 2.24) is 10.2 Å². The summed E-state index contributed by atoms with van der Waals surface area (Å²) in [5, 5.41) is 4.27. The van der Waals surface area contributed by atoms with Crippen LogP contribution in [0.1, 0.15) is 19.8 Å². The molecule has 1 fully saturated rings. The summed E-state index contributed by atoms with van der Waals surface area (Å²) in [5.74, 6) is 1.03. The Labute approximate surface area is 161 Å². The number of benzene rings is 1. The molecule has 0 atom stereocenters. The molecule has 2 aliphatic rings. The fourth-order valence-corrected chi connectivity index (χ4v) is 3.65. The zero-order chi connectivity index (χ0) is 18.2. The number of nitrogens with zero attached hydrogens (tertiary/aromatic N) is 3. The highest BCUT2D eigenvalue weighted by Gasteiger charge is 2.21. The third kappa shape index (κ3) is 5.15. The maximum absolute atomic E-state index is 6.34. The third-order valence-electron chi connectivity index (χ3n) is 4.86. The first-order valence-corrected chi connectivity index (χ1v) is 9.94. The second-order valence-corrected chi connectivity index (χ2v) is 7.01. The maximum Gasteiger partial charge on any atom is 0.194 e. The Bertz CT molecular complexity index is 638. The summed E-state index contributed by atoms with van der Waals surface area (Å²) < 4.78 is 5.37. The van der Waals surface area contributed by atoms with Crippen LogP contribution in [0.15, 0.2) is 40.9 Å². The normalized spacial score (nSPS) is 18.7. The number of ether oxygens (including phenoxy) is 1. The summed E-state index contributed by atoms with van der Waals surface area (Å²) in [4.78, 5) is 9.56. The topological polar surface area (TPSA) is 40.1 Å². The van der Waals surface area contributed by atoms with Gasteiger partial charge in [0.05, 0.1) is 23.9 Å². The largest absolute Gasteiger partial charge is 0.377 e. The molecule has 142 valence electrons. The molecule has 0 saturated carbocycles. The number of para-hydroxylation sites is 1. The van der Waals surface area contributed by atoms with Crippen LogP contribution in [0.25, 0.3) is 0 Å². The van der Waals surface area contributed by atoms with E-state index >= 15 is 0 Å². The lowest BCUT2D eigenvalue weighted by molar-refractivity contribution is 0.153. The minimum atomic E-state index is 0.753. The monoisotopic (exact) mass is 376 g/mol. The van der Waals surface area contributed by atoms with Crippen LogP contribution in [0, 0.1) is 0 Å². The van der Waals surface area contributed by atoms with Crippen LogP contribution in [0.2, 0.25) is 5.02 Å². The molecule has 5 nitrogen and oxygen atoms in total. The summed E-state index contributed by atoms with van der Waals surface area (Å²) in [6.45, 7) is 9.26. The third-order valence-corrected chi connectivity index (χ3v) is 5.18. The zero-order valence-corrected chi connectivity index (χ0v) is 16.3. The number of hydrogen-bond donors (Lipinski definition) is 1. The van der Waals surface area contributed by atoms with Gasteiger partial charge in [0.15, 0.2) is 5.96 Å². The second kappa shape index (κ2) is 9.83. The van der Waals surface area contributed by atoms with Gasteiger partial charge in [-0.1, -0.05) is 35.4 Å². The van der Waals surface area contributed by atoms with Gasteiger partial charge in [0.25, 0.3) is 0 Å². The molecule has 6 heteroatoms. The predicted molar refractivity (Wildman–Crippen MR) is 109 cm³/mol. The van der Waals surface area contributed by atoms with E-state index in [1.165, 1.54) is 5.57 Å².